The van der Waals surface area contributed by atoms with Crippen LogP contribution in [0.15, 0.2) is 30.3 Å². The van der Waals surface area contributed by atoms with Crippen LogP contribution in [0.4, 0.5) is 0 Å². The summed E-state index contributed by atoms with van der Waals surface area (Å²) in [4.78, 5) is 27.5. The normalized spacial score (nSPS) is 13.9. The first kappa shape index (κ1) is 25.5. The van der Waals surface area contributed by atoms with Crippen molar-refractivity contribution in [2.75, 3.05) is 6.54 Å². The number of amides is 1. The summed E-state index contributed by atoms with van der Waals surface area (Å²) in [5.41, 5.74) is 3.47. The lowest BCUT2D eigenvalue weighted by molar-refractivity contribution is 0.0940. The highest BCUT2D eigenvalue weighted by atomic mass is 16.3. The van der Waals surface area contributed by atoms with E-state index < -0.39 is 0 Å². The van der Waals surface area contributed by atoms with Gasteiger partial charge < -0.3 is 15.3 Å². The Hall–Kier alpha value is -3.15. The number of phenols is 1. The molecule has 6 heteroatoms. The van der Waals surface area contributed by atoms with Crippen LogP contribution < -0.4 is 5.32 Å². The molecule has 2 aromatic carbocycles. The van der Waals surface area contributed by atoms with Crippen LogP contribution >= 0.6 is 0 Å². The van der Waals surface area contributed by atoms with E-state index >= 15 is 0 Å². The number of ketones is 1. The Labute approximate surface area is 202 Å². The Kier molecular flexibility index (Phi) is 6.66. The van der Waals surface area contributed by atoms with Gasteiger partial charge in [-0.25, -0.2) is 0 Å². The van der Waals surface area contributed by atoms with Gasteiger partial charge in [-0.1, -0.05) is 47.6 Å². The number of amidine groups is 1. The van der Waals surface area contributed by atoms with E-state index in [0.717, 1.165) is 16.7 Å². The number of rotatable bonds is 5. The van der Waals surface area contributed by atoms with Crippen LogP contribution in [-0.4, -0.2) is 40.1 Å². The van der Waals surface area contributed by atoms with E-state index in [0.29, 0.717) is 23.2 Å². The molecule has 0 aromatic heterocycles. The summed E-state index contributed by atoms with van der Waals surface area (Å²) in [5.74, 6) is 0.207. The van der Waals surface area contributed by atoms with Crippen LogP contribution in [0, 0.1) is 5.41 Å². The van der Waals surface area contributed by atoms with Crippen molar-refractivity contribution in [1.29, 1.82) is 5.41 Å². The number of hydrogen-bond acceptors (Lipinski definition) is 4. The summed E-state index contributed by atoms with van der Waals surface area (Å²) in [7, 11) is 0. The molecule has 1 aliphatic heterocycles. The maximum atomic E-state index is 13.4. The van der Waals surface area contributed by atoms with Gasteiger partial charge in [0.2, 0.25) is 0 Å². The van der Waals surface area contributed by atoms with Gasteiger partial charge in [0, 0.05) is 40.4 Å². The second-order valence-electron chi connectivity index (χ2n) is 11.5. The van der Waals surface area contributed by atoms with Crippen LogP contribution in [0.5, 0.6) is 5.75 Å². The summed E-state index contributed by atoms with van der Waals surface area (Å²) < 4.78 is 0. The van der Waals surface area contributed by atoms with Gasteiger partial charge in [0.1, 0.15) is 11.6 Å². The molecule has 3 N–H and O–H groups in total. The topological polar surface area (TPSA) is 93.5 Å². The molecule has 1 aliphatic rings. The van der Waals surface area contributed by atoms with Crippen LogP contribution in [0.1, 0.15) is 98.4 Å². The number of Topliss-reactive ketones (excluding diaryl/α,β-unsaturated/α-hetero) is 1. The lowest BCUT2D eigenvalue weighted by atomic mass is 9.78. The molecule has 0 bridgehead atoms. The smallest absolute Gasteiger partial charge is 0.251 e. The molecule has 1 heterocycles. The lowest BCUT2D eigenvalue weighted by Crippen LogP contribution is -2.31. The van der Waals surface area contributed by atoms with Gasteiger partial charge in [-0.15, -0.1) is 0 Å². The van der Waals surface area contributed by atoms with E-state index in [1.165, 1.54) is 0 Å². The highest BCUT2D eigenvalue weighted by molar-refractivity contribution is 6.07. The summed E-state index contributed by atoms with van der Waals surface area (Å²) >= 11 is 0. The number of fused-ring (bicyclic) bond motifs is 1. The molecule has 2 aromatic rings. The number of carbonyl (C=O) groups is 2. The summed E-state index contributed by atoms with van der Waals surface area (Å²) in [6.07, 6.45) is 0. The number of nitrogens with one attached hydrogen (secondary N) is 2. The average Bonchev–Trinajstić information content (AvgIpc) is 3.00. The monoisotopic (exact) mass is 463 g/mol. The zero-order valence-electron chi connectivity index (χ0n) is 21.6. The fraction of sp³-hybridized carbons (Fsp3) is 0.464. The quantitative estimate of drug-likeness (QED) is 0.535. The molecule has 3 rings (SSSR count). The molecule has 6 nitrogen and oxygen atoms in total. The van der Waals surface area contributed by atoms with E-state index in [1.54, 1.807) is 29.2 Å². The number of carbonyl (C=O) groups excluding carboxylic acids is 2. The number of nitrogens with zero attached hydrogens (tertiary/aromatic N) is 1. The molecule has 0 saturated heterocycles. The minimum absolute atomic E-state index is 0.0237. The van der Waals surface area contributed by atoms with Gasteiger partial charge in [-0.05, 0) is 54.5 Å². The van der Waals surface area contributed by atoms with Gasteiger partial charge in [0.15, 0.2) is 5.78 Å². The number of hydrogen-bond donors (Lipinski definition) is 3. The largest absolute Gasteiger partial charge is 0.507 e. The third-order valence-corrected chi connectivity index (χ3v) is 6.11. The molecule has 0 aliphatic carbocycles. The van der Waals surface area contributed by atoms with Gasteiger partial charge in [0.25, 0.3) is 5.91 Å². The third kappa shape index (κ3) is 5.16. The molecule has 0 atom stereocenters. The maximum absolute atomic E-state index is 13.4. The van der Waals surface area contributed by atoms with E-state index in [2.05, 4.69) is 5.32 Å². The number of phenolic OH excluding ortho intramolecular Hbond substituents is 1. The molecule has 0 fully saturated rings. The zero-order chi connectivity index (χ0) is 25.6. The standard InChI is InChI=1S/C28H37N3O3/c1-16(2)30-26(34)17-9-10-18-14-31(25(29)20(18)11-17)15-23(32)19-12-21(27(3,4)5)24(33)22(13-19)28(6,7)8/h9-13,16,29,33H,14-15H2,1-8H3,(H,30,34). The summed E-state index contributed by atoms with van der Waals surface area (Å²) in [5, 5.41) is 22.5. The predicted octanol–water partition coefficient (Wildman–Crippen LogP) is 5.15. The Morgan fingerprint density at radius 3 is 2.06 bits per heavy atom. The average molecular weight is 464 g/mol. The summed E-state index contributed by atoms with van der Waals surface area (Å²) in [6.45, 7) is 16.4. The first-order chi connectivity index (χ1) is 15.6. The Bertz CT molecular complexity index is 1120. The van der Waals surface area contributed by atoms with Crippen LogP contribution in [0.3, 0.4) is 0 Å². The van der Waals surface area contributed by atoms with Crippen LogP contribution in [0.2, 0.25) is 0 Å². The van der Waals surface area contributed by atoms with E-state index in [9.17, 15) is 14.7 Å². The van der Waals surface area contributed by atoms with Gasteiger partial charge >= 0.3 is 0 Å². The molecule has 1 amide bonds. The predicted molar refractivity (Wildman–Crippen MR) is 136 cm³/mol. The second-order valence-corrected chi connectivity index (χ2v) is 11.5. The highest BCUT2D eigenvalue weighted by Crippen LogP contribution is 2.40. The Morgan fingerprint density at radius 1 is 1.00 bits per heavy atom. The second kappa shape index (κ2) is 8.90. The van der Waals surface area contributed by atoms with Gasteiger partial charge in [0.05, 0.1) is 6.54 Å². The minimum atomic E-state index is -0.329. The van der Waals surface area contributed by atoms with E-state index in [-0.39, 0.29) is 46.7 Å². The van der Waals surface area contributed by atoms with E-state index in [4.69, 9.17) is 5.41 Å². The molecule has 0 radical (unpaired) electrons. The number of aromatic hydroxyl groups is 1. The molecule has 0 saturated carbocycles. The third-order valence-electron chi connectivity index (χ3n) is 6.11. The van der Waals surface area contributed by atoms with Crippen LogP contribution in [-0.2, 0) is 17.4 Å². The molecule has 0 unspecified atom stereocenters. The van der Waals surface area contributed by atoms with Crippen molar-refractivity contribution >= 4 is 17.5 Å². The lowest BCUT2D eigenvalue weighted by Gasteiger charge is -2.28. The van der Waals surface area contributed by atoms with E-state index in [1.807, 2.05) is 61.5 Å². The molecule has 34 heavy (non-hydrogen) atoms. The van der Waals surface area contributed by atoms with Crippen molar-refractivity contribution in [3.05, 3.63) is 63.7 Å². The first-order valence-electron chi connectivity index (χ1n) is 11.8. The molecular formula is C28H37N3O3. The van der Waals surface area contributed by atoms with Gasteiger partial charge in [-0.2, -0.15) is 0 Å². The minimum Gasteiger partial charge on any atom is -0.507 e. The van der Waals surface area contributed by atoms with Crippen molar-refractivity contribution < 1.29 is 14.7 Å². The van der Waals surface area contributed by atoms with Crippen molar-refractivity contribution in [2.24, 2.45) is 0 Å². The first-order valence-corrected chi connectivity index (χ1v) is 11.8. The molecular weight excluding hydrogens is 426 g/mol. The fourth-order valence-electron chi connectivity index (χ4n) is 4.22. The molecule has 182 valence electrons. The Morgan fingerprint density at radius 2 is 1.56 bits per heavy atom. The molecule has 0 spiro atoms. The number of benzene rings is 2. The van der Waals surface area contributed by atoms with Gasteiger partial charge in [-0.3, -0.25) is 15.0 Å². The fourth-order valence-corrected chi connectivity index (χ4v) is 4.22. The highest BCUT2D eigenvalue weighted by Gasteiger charge is 2.30. The van der Waals surface area contributed by atoms with Crippen molar-refractivity contribution in [3.8, 4) is 5.75 Å². The van der Waals surface area contributed by atoms with Crippen LogP contribution in [0.25, 0.3) is 0 Å². The maximum Gasteiger partial charge on any atom is 0.251 e. The SMILES string of the molecule is CC(C)NC(=O)c1ccc2c(c1)C(=N)N(CC(=O)c1cc(C(C)(C)C)c(O)c(C(C)(C)C)c1)C2. The van der Waals surface area contributed by atoms with Crippen molar-refractivity contribution in [1.82, 2.24) is 10.2 Å². The zero-order valence-corrected chi connectivity index (χ0v) is 21.6. The van der Waals surface area contributed by atoms with Crippen molar-refractivity contribution in [2.45, 2.75) is 78.8 Å². The van der Waals surface area contributed by atoms with Crippen molar-refractivity contribution in [3.63, 3.8) is 0 Å². The summed E-state index contributed by atoms with van der Waals surface area (Å²) in [6, 6.07) is 8.95. The Balaban J connectivity index is 1.88.